The Morgan fingerprint density at radius 1 is 1.03 bits per heavy atom. The number of hydrogen-bond acceptors (Lipinski definition) is 5. The molecule has 1 N–H and O–H groups in total. The molecule has 0 saturated carbocycles. The quantitative estimate of drug-likeness (QED) is 0.719. The predicted molar refractivity (Wildman–Crippen MR) is 113 cm³/mol. The average Bonchev–Trinajstić information content (AvgIpc) is 3.04. The first-order valence-corrected chi connectivity index (χ1v) is 10.1. The van der Waals surface area contributed by atoms with E-state index in [-0.39, 0.29) is 23.5 Å². The number of anilines is 2. The summed E-state index contributed by atoms with van der Waals surface area (Å²) in [6, 6.07) is 10.2. The Kier molecular flexibility index (Phi) is 5.99. The molecule has 31 heavy (non-hydrogen) atoms. The van der Waals surface area contributed by atoms with Crippen LogP contribution >= 0.6 is 0 Å². The number of carbonyl (C=O) groups excluding carboxylic acids is 2. The Balaban J connectivity index is 1.36. The number of amides is 2. The maximum atomic E-state index is 13.7. The first-order chi connectivity index (χ1) is 14.9. The van der Waals surface area contributed by atoms with E-state index in [2.05, 4.69) is 10.2 Å². The topological polar surface area (TPSA) is 61.9 Å². The first kappa shape index (κ1) is 21.0. The van der Waals surface area contributed by atoms with E-state index in [1.54, 1.807) is 0 Å². The van der Waals surface area contributed by atoms with Gasteiger partial charge in [-0.3, -0.25) is 14.5 Å². The second-order valence-electron chi connectivity index (χ2n) is 7.56. The smallest absolute Gasteiger partial charge is 0.277 e. The second-order valence-corrected chi connectivity index (χ2v) is 7.56. The monoisotopic (exact) mass is 427 g/mol. The van der Waals surface area contributed by atoms with Crippen LogP contribution in [0.2, 0.25) is 0 Å². The summed E-state index contributed by atoms with van der Waals surface area (Å²) < 4.78 is 32.9. The van der Waals surface area contributed by atoms with Crippen LogP contribution in [0.25, 0.3) is 0 Å². The molecule has 2 amide bonds. The number of carbonyl (C=O) groups is 2. The van der Waals surface area contributed by atoms with Crippen molar-refractivity contribution in [2.45, 2.75) is 13.3 Å². The summed E-state index contributed by atoms with van der Waals surface area (Å²) in [6.07, 6.45) is 1.66. The van der Waals surface area contributed by atoms with Gasteiger partial charge in [0, 0.05) is 42.6 Å². The van der Waals surface area contributed by atoms with Gasteiger partial charge in [0.25, 0.3) is 11.8 Å². The summed E-state index contributed by atoms with van der Waals surface area (Å²) in [5, 5.41) is 2.66. The van der Waals surface area contributed by atoms with Crippen molar-refractivity contribution in [3.05, 3.63) is 70.9 Å². The highest BCUT2D eigenvalue weighted by molar-refractivity contribution is 6.17. The molecule has 0 bridgehead atoms. The highest BCUT2D eigenvalue weighted by Crippen LogP contribution is 2.22. The zero-order valence-corrected chi connectivity index (χ0v) is 17.2. The molecule has 0 aliphatic carbocycles. The molecular weight excluding hydrogens is 404 g/mol. The van der Waals surface area contributed by atoms with E-state index in [4.69, 9.17) is 4.74 Å². The lowest BCUT2D eigenvalue weighted by Crippen LogP contribution is -2.36. The number of imide groups is 1. The fourth-order valence-electron chi connectivity index (χ4n) is 3.62. The third-order valence-electron chi connectivity index (χ3n) is 5.51. The Bertz CT molecular complexity index is 1010. The number of nitrogens with zero attached hydrogens (tertiary/aromatic N) is 2. The molecule has 8 heteroatoms. The van der Waals surface area contributed by atoms with Crippen LogP contribution < -0.4 is 10.2 Å². The van der Waals surface area contributed by atoms with Crippen LogP contribution in [0.5, 0.6) is 0 Å². The van der Waals surface area contributed by atoms with E-state index in [0.29, 0.717) is 19.6 Å². The van der Waals surface area contributed by atoms with E-state index in [1.807, 2.05) is 24.3 Å². The normalized spacial score (nSPS) is 16.7. The SMILES string of the molecule is Cc1c(F)cc(NC2=CC(=O)N(CCc3ccc(N4CCOCC4)cc3)C2=O)cc1F. The molecular formula is C23H23F2N3O3. The molecule has 0 radical (unpaired) electrons. The van der Waals surface area contributed by atoms with Crippen molar-refractivity contribution in [2.24, 2.45) is 0 Å². The minimum atomic E-state index is -0.725. The molecule has 2 aliphatic heterocycles. The Morgan fingerprint density at radius 2 is 1.68 bits per heavy atom. The van der Waals surface area contributed by atoms with Crippen LogP contribution in [0.1, 0.15) is 11.1 Å². The summed E-state index contributed by atoms with van der Waals surface area (Å²) >= 11 is 0. The molecule has 6 nitrogen and oxygen atoms in total. The molecule has 2 aromatic carbocycles. The number of rotatable bonds is 6. The number of benzene rings is 2. The number of halogens is 2. The lowest BCUT2D eigenvalue weighted by molar-refractivity contribution is -0.137. The molecule has 2 heterocycles. The van der Waals surface area contributed by atoms with Crippen molar-refractivity contribution in [3.63, 3.8) is 0 Å². The Morgan fingerprint density at radius 3 is 2.32 bits per heavy atom. The van der Waals surface area contributed by atoms with E-state index in [9.17, 15) is 18.4 Å². The van der Waals surface area contributed by atoms with E-state index in [1.165, 1.54) is 6.92 Å². The molecule has 2 aromatic rings. The van der Waals surface area contributed by atoms with Gasteiger partial charge in [0.05, 0.1) is 13.2 Å². The van der Waals surface area contributed by atoms with Gasteiger partial charge in [-0.25, -0.2) is 8.78 Å². The number of nitrogens with one attached hydrogen (secondary N) is 1. The fraction of sp³-hybridized carbons (Fsp3) is 0.304. The fourth-order valence-corrected chi connectivity index (χ4v) is 3.62. The number of ether oxygens (including phenoxy) is 1. The standard InChI is InChI=1S/C23H23F2N3O3/c1-15-19(24)12-17(13-20(15)25)26-21-14-22(29)28(23(21)30)7-6-16-2-4-18(5-3-16)27-8-10-31-11-9-27/h2-5,12-14,26H,6-11H2,1H3. The predicted octanol–water partition coefficient (Wildman–Crippen LogP) is 3.02. The minimum Gasteiger partial charge on any atom is -0.378 e. The van der Waals surface area contributed by atoms with Crippen molar-refractivity contribution >= 4 is 23.2 Å². The van der Waals surface area contributed by atoms with Gasteiger partial charge in [0.1, 0.15) is 17.3 Å². The largest absolute Gasteiger partial charge is 0.378 e. The van der Waals surface area contributed by atoms with Crippen molar-refractivity contribution < 1.29 is 23.1 Å². The lowest BCUT2D eigenvalue weighted by atomic mass is 10.1. The molecule has 162 valence electrons. The molecule has 1 fully saturated rings. The molecule has 0 spiro atoms. The van der Waals surface area contributed by atoms with Crippen LogP contribution in [-0.2, 0) is 20.7 Å². The number of morpholine rings is 1. The van der Waals surface area contributed by atoms with Crippen molar-refractivity contribution in [3.8, 4) is 0 Å². The van der Waals surface area contributed by atoms with Gasteiger partial charge < -0.3 is 15.0 Å². The van der Waals surface area contributed by atoms with E-state index >= 15 is 0 Å². The summed E-state index contributed by atoms with van der Waals surface area (Å²) in [7, 11) is 0. The summed E-state index contributed by atoms with van der Waals surface area (Å²) in [5.41, 5.74) is 2.09. The molecule has 2 aliphatic rings. The second kappa shape index (κ2) is 8.85. The van der Waals surface area contributed by atoms with Crippen LogP contribution in [0.4, 0.5) is 20.2 Å². The first-order valence-electron chi connectivity index (χ1n) is 10.1. The Hall–Kier alpha value is -3.26. The van der Waals surface area contributed by atoms with E-state index < -0.39 is 23.4 Å². The van der Waals surface area contributed by atoms with Gasteiger partial charge in [-0.2, -0.15) is 0 Å². The highest BCUT2D eigenvalue weighted by atomic mass is 19.1. The van der Waals surface area contributed by atoms with Gasteiger partial charge in [0.2, 0.25) is 0 Å². The highest BCUT2D eigenvalue weighted by Gasteiger charge is 2.31. The zero-order chi connectivity index (χ0) is 22.0. The molecule has 0 unspecified atom stereocenters. The third kappa shape index (κ3) is 4.59. The van der Waals surface area contributed by atoms with Crippen molar-refractivity contribution in [1.82, 2.24) is 4.90 Å². The maximum absolute atomic E-state index is 13.7. The number of hydrogen-bond donors (Lipinski definition) is 1. The average molecular weight is 427 g/mol. The minimum absolute atomic E-state index is 0.00433. The Labute approximate surface area is 179 Å². The van der Waals surface area contributed by atoms with Gasteiger partial charge in [-0.1, -0.05) is 12.1 Å². The van der Waals surface area contributed by atoms with Crippen LogP contribution in [0.3, 0.4) is 0 Å². The van der Waals surface area contributed by atoms with Gasteiger partial charge in [0.15, 0.2) is 0 Å². The third-order valence-corrected chi connectivity index (χ3v) is 5.51. The molecule has 1 saturated heterocycles. The van der Waals surface area contributed by atoms with Crippen LogP contribution in [0.15, 0.2) is 48.2 Å². The van der Waals surface area contributed by atoms with E-state index in [0.717, 1.165) is 47.4 Å². The van der Waals surface area contributed by atoms with Crippen molar-refractivity contribution in [2.75, 3.05) is 43.1 Å². The summed E-state index contributed by atoms with van der Waals surface area (Å²) in [4.78, 5) is 28.3. The van der Waals surface area contributed by atoms with Crippen LogP contribution in [0, 0.1) is 18.6 Å². The van der Waals surface area contributed by atoms with Gasteiger partial charge >= 0.3 is 0 Å². The lowest BCUT2D eigenvalue weighted by Gasteiger charge is -2.29. The summed E-state index contributed by atoms with van der Waals surface area (Å²) in [5.74, 6) is -2.42. The summed E-state index contributed by atoms with van der Waals surface area (Å²) in [6.45, 7) is 4.68. The van der Waals surface area contributed by atoms with Gasteiger partial charge in [-0.05, 0) is 43.2 Å². The molecule has 0 aromatic heterocycles. The maximum Gasteiger partial charge on any atom is 0.277 e. The van der Waals surface area contributed by atoms with Gasteiger partial charge in [-0.15, -0.1) is 0 Å². The molecule has 0 atom stereocenters. The van der Waals surface area contributed by atoms with Crippen molar-refractivity contribution in [1.29, 1.82) is 0 Å². The zero-order valence-electron chi connectivity index (χ0n) is 17.2. The van der Waals surface area contributed by atoms with Crippen LogP contribution in [-0.4, -0.2) is 49.6 Å². The molecule has 4 rings (SSSR count).